The smallest absolute Gasteiger partial charge is 0.306 e. The van der Waals surface area contributed by atoms with Gasteiger partial charge in [0.2, 0.25) is 0 Å². The Morgan fingerprint density at radius 1 is 0.708 bits per heavy atom. The predicted octanol–water partition coefficient (Wildman–Crippen LogP) is 2.83. The van der Waals surface area contributed by atoms with E-state index in [4.69, 9.17) is 0 Å². The number of hydrogen-bond donors (Lipinski definition) is 2. The summed E-state index contributed by atoms with van der Waals surface area (Å²) in [6, 6.07) is 0. The van der Waals surface area contributed by atoms with Crippen LogP contribution < -0.4 is 0 Å². The molecule has 4 saturated carbocycles. The molecule has 5 nitrogen and oxygen atoms in total. The largest absolute Gasteiger partial charge is 0.481 e. The van der Waals surface area contributed by atoms with Gasteiger partial charge in [-0.05, 0) is 62.2 Å². The molecule has 0 aromatic heterocycles. The summed E-state index contributed by atoms with van der Waals surface area (Å²) >= 11 is 0. The van der Waals surface area contributed by atoms with Gasteiger partial charge in [0.05, 0.1) is 11.8 Å². The molecule has 132 valence electrons. The number of Topliss-reactive ketones (excluding diaryl/α,β-unsaturated/α-hetero) is 1. The van der Waals surface area contributed by atoms with Crippen molar-refractivity contribution in [3.8, 4) is 0 Å². The Morgan fingerprint density at radius 3 is 1.29 bits per heavy atom. The van der Waals surface area contributed by atoms with Gasteiger partial charge in [0.25, 0.3) is 0 Å². The van der Waals surface area contributed by atoms with Crippen LogP contribution in [-0.4, -0.2) is 27.9 Å². The number of aliphatic carboxylic acids is 2. The van der Waals surface area contributed by atoms with Crippen molar-refractivity contribution in [3.63, 3.8) is 0 Å². The normalized spacial score (nSPS) is 37.7. The first-order valence-corrected chi connectivity index (χ1v) is 9.48. The lowest BCUT2D eigenvalue weighted by atomic mass is 9.63. The fourth-order valence-electron chi connectivity index (χ4n) is 5.20. The van der Waals surface area contributed by atoms with Gasteiger partial charge >= 0.3 is 11.9 Å². The number of hydrogen-bond acceptors (Lipinski definition) is 3. The van der Waals surface area contributed by atoms with Crippen LogP contribution >= 0.6 is 0 Å². The van der Waals surface area contributed by atoms with Crippen LogP contribution in [0.2, 0.25) is 0 Å². The van der Waals surface area contributed by atoms with E-state index in [1.807, 2.05) is 0 Å². The molecule has 6 unspecified atom stereocenters. The molecular weight excluding hydrogens is 308 g/mol. The highest BCUT2D eigenvalue weighted by Gasteiger charge is 2.59. The predicted molar refractivity (Wildman–Crippen MR) is 85.1 cm³/mol. The van der Waals surface area contributed by atoms with Crippen molar-refractivity contribution in [1.82, 2.24) is 0 Å². The Kier molecular flexibility index (Phi) is 3.92. The molecule has 0 aromatic rings. The van der Waals surface area contributed by atoms with E-state index in [1.165, 1.54) is 0 Å². The van der Waals surface area contributed by atoms with Gasteiger partial charge in [0.15, 0.2) is 0 Å². The minimum absolute atomic E-state index is 0.00454. The first-order valence-electron chi connectivity index (χ1n) is 9.48. The summed E-state index contributed by atoms with van der Waals surface area (Å²) in [5, 5.41) is 18.6. The molecule has 0 heterocycles. The first-order chi connectivity index (χ1) is 11.5. The Bertz CT molecular complexity index is 514. The number of carbonyl (C=O) groups excluding carboxylic acids is 1. The van der Waals surface area contributed by atoms with E-state index >= 15 is 0 Å². The highest BCUT2D eigenvalue weighted by molar-refractivity contribution is 5.88. The molecule has 6 atom stereocenters. The number of rotatable bonds is 8. The second kappa shape index (κ2) is 5.85. The maximum Gasteiger partial charge on any atom is 0.306 e. The Labute approximate surface area is 141 Å². The van der Waals surface area contributed by atoms with Crippen molar-refractivity contribution in [3.05, 3.63) is 0 Å². The van der Waals surface area contributed by atoms with Crippen LogP contribution in [0.3, 0.4) is 0 Å². The zero-order chi connectivity index (χ0) is 17.0. The average molecular weight is 334 g/mol. The van der Waals surface area contributed by atoms with Crippen molar-refractivity contribution in [2.75, 3.05) is 0 Å². The van der Waals surface area contributed by atoms with Crippen LogP contribution in [0.15, 0.2) is 0 Å². The molecule has 0 radical (unpaired) electrons. The highest BCUT2D eigenvalue weighted by Crippen LogP contribution is 2.57. The molecule has 0 aliphatic heterocycles. The zero-order valence-corrected chi connectivity index (χ0v) is 13.9. The second-order valence-corrected chi connectivity index (χ2v) is 8.52. The molecule has 4 fully saturated rings. The van der Waals surface area contributed by atoms with Crippen LogP contribution in [-0.2, 0) is 14.4 Å². The molecule has 4 aliphatic carbocycles. The minimum Gasteiger partial charge on any atom is -0.481 e. The van der Waals surface area contributed by atoms with Crippen LogP contribution in [0.1, 0.15) is 51.4 Å². The standard InChI is InChI=1S/C19H26O5/c20-17(15(9-3-1-4-9)11-7-13(11)18(21)22)16(10-5-2-6-10)12-8-14(12)19(23)24/h9-16H,1-8H2,(H,21,22)(H,23,24). The molecule has 0 saturated heterocycles. The fourth-order valence-corrected chi connectivity index (χ4v) is 5.20. The molecule has 4 rings (SSSR count). The third-order valence-corrected chi connectivity index (χ3v) is 7.21. The molecular formula is C19H26O5. The minimum atomic E-state index is -0.771. The molecule has 5 heteroatoms. The third-order valence-electron chi connectivity index (χ3n) is 7.21. The van der Waals surface area contributed by atoms with E-state index in [2.05, 4.69) is 0 Å². The van der Waals surface area contributed by atoms with E-state index in [-0.39, 0.29) is 41.3 Å². The molecule has 0 amide bonds. The van der Waals surface area contributed by atoms with Crippen molar-refractivity contribution in [1.29, 1.82) is 0 Å². The van der Waals surface area contributed by atoms with E-state index in [1.54, 1.807) is 0 Å². The summed E-state index contributed by atoms with van der Waals surface area (Å²) in [4.78, 5) is 36.0. The molecule has 0 bridgehead atoms. The van der Waals surface area contributed by atoms with Gasteiger partial charge in [-0.15, -0.1) is 0 Å². The van der Waals surface area contributed by atoms with Gasteiger partial charge in [-0.25, -0.2) is 0 Å². The number of ketones is 1. The summed E-state index contributed by atoms with van der Waals surface area (Å²) in [6.07, 6.45) is 7.66. The van der Waals surface area contributed by atoms with E-state index in [9.17, 15) is 24.6 Å². The van der Waals surface area contributed by atoms with Crippen molar-refractivity contribution in [2.45, 2.75) is 51.4 Å². The van der Waals surface area contributed by atoms with Gasteiger partial charge in [-0.2, -0.15) is 0 Å². The maximum atomic E-state index is 13.4. The van der Waals surface area contributed by atoms with Gasteiger partial charge < -0.3 is 10.2 Å². The number of carbonyl (C=O) groups is 3. The Morgan fingerprint density at radius 2 is 1.08 bits per heavy atom. The van der Waals surface area contributed by atoms with Crippen molar-refractivity contribution in [2.24, 2.45) is 47.3 Å². The first kappa shape index (κ1) is 16.1. The zero-order valence-electron chi connectivity index (χ0n) is 13.9. The summed E-state index contributed by atoms with van der Waals surface area (Å²) in [7, 11) is 0. The number of carboxylic acids is 2. The molecule has 2 N–H and O–H groups in total. The van der Waals surface area contributed by atoms with Gasteiger partial charge in [0, 0.05) is 11.8 Å². The average Bonchev–Trinajstić information content (AvgIpc) is 3.29. The summed E-state index contributed by atoms with van der Waals surface area (Å²) < 4.78 is 0. The monoisotopic (exact) mass is 334 g/mol. The summed E-state index contributed by atoms with van der Waals surface area (Å²) in [6.45, 7) is 0. The lowest BCUT2D eigenvalue weighted by Gasteiger charge is -2.40. The lowest BCUT2D eigenvalue weighted by molar-refractivity contribution is -0.140. The molecule has 24 heavy (non-hydrogen) atoms. The van der Waals surface area contributed by atoms with Crippen molar-refractivity contribution >= 4 is 17.7 Å². The summed E-state index contributed by atoms with van der Waals surface area (Å²) in [5.74, 6) is -1.57. The fraction of sp³-hybridized carbons (Fsp3) is 0.842. The quantitative estimate of drug-likeness (QED) is 0.712. The number of carboxylic acid groups (broad SMARTS) is 2. The highest BCUT2D eigenvalue weighted by atomic mass is 16.4. The van der Waals surface area contributed by atoms with Gasteiger partial charge in [-0.3, -0.25) is 14.4 Å². The molecule has 0 aromatic carbocycles. The second-order valence-electron chi connectivity index (χ2n) is 8.52. The van der Waals surface area contributed by atoms with E-state index in [0.29, 0.717) is 24.7 Å². The third kappa shape index (κ3) is 2.66. The van der Waals surface area contributed by atoms with Crippen LogP contribution in [0.5, 0.6) is 0 Å². The maximum absolute atomic E-state index is 13.4. The SMILES string of the molecule is O=C(O)C1CC1C(C(=O)C(C1CCC1)C1CC1C(=O)O)C1CCC1. The van der Waals surface area contributed by atoms with E-state index in [0.717, 1.165) is 38.5 Å². The molecule has 4 aliphatic rings. The Hall–Kier alpha value is -1.39. The Balaban J connectivity index is 1.53. The van der Waals surface area contributed by atoms with Crippen molar-refractivity contribution < 1.29 is 24.6 Å². The molecule has 0 spiro atoms. The topological polar surface area (TPSA) is 91.7 Å². The van der Waals surface area contributed by atoms with Gasteiger partial charge in [-0.1, -0.05) is 12.8 Å². The van der Waals surface area contributed by atoms with Crippen LogP contribution in [0.4, 0.5) is 0 Å². The van der Waals surface area contributed by atoms with Crippen LogP contribution in [0.25, 0.3) is 0 Å². The van der Waals surface area contributed by atoms with E-state index < -0.39 is 11.9 Å². The lowest BCUT2D eigenvalue weighted by Crippen LogP contribution is -2.41. The summed E-state index contributed by atoms with van der Waals surface area (Å²) in [5.41, 5.74) is 0. The van der Waals surface area contributed by atoms with Gasteiger partial charge in [0.1, 0.15) is 5.78 Å². The van der Waals surface area contributed by atoms with Crippen LogP contribution in [0, 0.1) is 47.3 Å².